The molecule has 2 heterocycles. The summed E-state index contributed by atoms with van der Waals surface area (Å²) in [7, 11) is -2.56. The van der Waals surface area contributed by atoms with Crippen LogP contribution in [0.25, 0.3) is 0 Å². The lowest BCUT2D eigenvalue weighted by atomic mass is 10.0. The molecule has 0 fully saturated rings. The van der Waals surface area contributed by atoms with E-state index in [1.54, 1.807) is 0 Å². The fraction of sp³-hybridized carbons (Fsp3) is 0.316. The third-order valence-corrected chi connectivity index (χ3v) is 7.56. The number of benzene rings is 1. The number of hydrogen-bond donors (Lipinski definition) is 2. The average molecular weight is 456 g/mol. The Bertz CT molecular complexity index is 1180. The molecule has 1 atom stereocenters. The van der Waals surface area contributed by atoms with E-state index in [0.717, 1.165) is 0 Å². The minimum atomic E-state index is -3.96. The summed E-state index contributed by atoms with van der Waals surface area (Å²) in [4.78, 5) is 20.1. The summed E-state index contributed by atoms with van der Waals surface area (Å²) in [6.45, 7) is 2.62. The number of anilines is 1. The van der Waals surface area contributed by atoms with Crippen LogP contribution in [0.15, 0.2) is 29.4 Å². The second kappa shape index (κ2) is 7.84. The van der Waals surface area contributed by atoms with E-state index in [4.69, 9.17) is 10.5 Å². The zero-order valence-corrected chi connectivity index (χ0v) is 17.6. The van der Waals surface area contributed by atoms with Crippen LogP contribution in [0.4, 0.5) is 18.9 Å². The normalized spacial score (nSPS) is 19.4. The van der Waals surface area contributed by atoms with Gasteiger partial charge in [0.05, 0.1) is 36.4 Å². The molecule has 0 spiro atoms. The molecular weight excluding hydrogens is 437 g/mol. The number of carbonyl (C=O) groups excluding carboxylic acids is 1. The molecule has 8 nitrogen and oxygen atoms in total. The second-order valence-corrected chi connectivity index (χ2v) is 9.89. The lowest BCUT2D eigenvalue weighted by molar-refractivity contribution is 0.102. The van der Waals surface area contributed by atoms with Crippen LogP contribution in [0.1, 0.15) is 35.9 Å². The van der Waals surface area contributed by atoms with Crippen molar-refractivity contribution in [1.29, 1.82) is 0 Å². The van der Waals surface area contributed by atoms with Crippen LogP contribution in [-0.2, 0) is 9.84 Å². The van der Waals surface area contributed by atoms with Crippen molar-refractivity contribution in [1.82, 2.24) is 4.98 Å². The van der Waals surface area contributed by atoms with Crippen molar-refractivity contribution in [2.45, 2.75) is 24.6 Å². The van der Waals surface area contributed by atoms with Crippen LogP contribution < -0.4 is 15.8 Å². The molecule has 12 heteroatoms. The molecule has 1 aromatic carbocycles. The Labute approximate surface area is 176 Å². The van der Waals surface area contributed by atoms with E-state index in [1.165, 1.54) is 39.3 Å². The molecule has 1 amide bonds. The molecule has 0 bridgehead atoms. The Hall–Kier alpha value is -3.15. The number of nitrogens with one attached hydrogen (secondary N) is 1. The number of carbonyl (C=O) groups is 1. The van der Waals surface area contributed by atoms with E-state index in [9.17, 15) is 22.0 Å². The standard InChI is InChI=1S/C19H19F3N4O4S/c1-19(2)18(23)26-13(8-31(19,28)29)14-15(21)10(20)6-12(16(14)22)25-17(27)11-5-4-9(30-3)7-24-11/h4-7,13H,8H2,1-3H3,(H2,23,26)(H,25,27). The quantitative estimate of drug-likeness (QED) is 0.681. The lowest BCUT2D eigenvalue weighted by Gasteiger charge is -2.32. The number of aliphatic imine (C=N–C) groups is 1. The molecule has 1 unspecified atom stereocenters. The number of amidine groups is 1. The van der Waals surface area contributed by atoms with Gasteiger partial charge in [-0.15, -0.1) is 0 Å². The summed E-state index contributed by atoms with van der Waals surface area (Å²) in [5, 5.41) is 2.11. The minimum absolute atomic E-state index is 0.143. The zero-order valence-electron chi connectivity index (χ0n) is 16.7. The Kier molecular flexibility index (Phi) is 5.70. The van der Waals surface area contributed by atoms with E-state index in [2.05, 4.69) is 15.3 Å². The number of aromatic nitrogens is 1. The first-order chi connectivity index (χ1) is 14.4. The van der Waals surface area contributed by atoms with Crippen molar-refractivity contribution in [3.8, 4) is 5.75 Å². The van der Waals surface area contributed by atoms with Crippen molar-refractivity contribution < 1.29 is 31.1 Å². The second-order valence-electron chi connectivity index (χ2n) is 7.31. The molecule has 1 aliphatic heterocycles. The Morgan fingerprint density at radius 3 is 2.48 bits per heavy atom. The maximum Gasteiger partial charge on any atom is 0.274 e. The summed E-state index contributed by atoms with van der Waals surface area (Å²) in [6.07, 6.45) is 1.24. The van der Waals surface area contributed by atoms with E-state index in [-0.39, 0.29) is 11.5 Å². The summed E-state index contributed by atoms with van der Waals surface area (Å²) < 4.78 is 72.2. The maximum absolute atomic E-state index is 15.1. The smallest absolute Gasteiger partial charge is 0.274 e. The number of methoxy groups -OCH3 is 1. The Morgan fingerprint density at radius 2 is 1.94 bits per heavy atom. The van der Waals surface area contributed by atoms with Crippen molar-refractivity contribution >= 4 is 27.3 Å². The van der Waals surface area contributed by atoms with E-state index < -0.39 is 61.0 Å². The van der Waals surface area contributed by atoms with Crippen molar-refractivity contribution in [2.75, 3.05) is 18.2 Å². The Balaban J connectivity index is 2.02. The van der Waals surface area contributed by atoms with E-state index in [1.807, 2.05) is 0 Å². The number of pyridine rings is 1. The molecular formula is C19H19F3N4O4S. The highest BCUT2D eigenvalue weighted by atomic mass is 32.2. The number of nitrogens with zero attached hydrogens (tertiary/aromatic N) is 2. The Morgan fingerprint density at radius 1 is 1.26 bits per heavy atom. The molecule has 0 aliphatic carbocycles. The van der Waals surface area contributed by atoms with Gasteiger partial charge in [0.25, 0.3) is 5.91 Å². The molecule has 31 heavy (non-hydrogen) atoms. The van der Waals surface area contributed by atoms with Gasteiger partial charge >= 0.3 is 0 Å². The van der Waals surface area contributed by atoms with Gasteiger partial charge < -0.3 is 15.8 Å². The van der Waals surface area contributed by atoms with Gasteiger partial charge in [0, 0.05) is 6.07 Å². The van der Waals surface area contributed by atoms with Crippen LogP contribution in [0.2, 0.25) is 0 Å². The van der Waals surface area contributed by atoms with Crippen LogP contribution in [0.5, 0.6) is 5.75 Å². The number of nitrogens with two attached hydrogens (primary N) is 1. The summed E-state index contributed by atoms with van der Waals surface area (Å²) in [5.74, 6) is -6.16. The minimum Gasteiger partial charge on any atom is -0.495 e. The SMILES string of the molecule is COc1ccc(C(=O)Nc2cc(F)c(F)c(C3CS(=O)(=O)C(C)(C)C(N)=N3)c2F)nc1. The lowest BCUT2D eigenvalue weighted by Crippen LogP contribution is -2.50. The first kappa shape index (κ1) is 22.5. The average Bonchev–Trinajstić information content (AvgIpc) is 2.70. The number of amides is 1. The van der Waals surface area contributed by atoms with Crippen LogP contribution in [-0.4, -0.2) is 42.8 Å². The maximum atomic E-state index is 15.1. The molecule has 0 saturated heterocycles. The zero-order chi connectivity index (χ0) is 23.1. The molecule has 3 rings (SSSR count). The first-order valence-electron chi connectivity index (χ1n) is 8.94. The van der Waals surface area contributed by atoms with Crippen LogP contribution in [0, 0.1) is 17.5 Å². The highest BCUT2D eigenvalue weighted by molar-refractivity contribution is 7.93. The summed E-state index contributed by atoms with van der Waals surface area (Å²) >= 11 is 0. The fourth-order valence-electron chi connectivity index (χ4n) is 2.91. The third-order valence-electron chi connectivity index (χ3n) is 5.04. The highest BCUT2D eigenvalue weighted by Gasteiger charge is 2.45. The van der Waals surface area contributed by atoms with Crippen LogP contribution >= 0.6 is 0 Å². The van der Waals surface area contributed by atoms with Gasteiger partial charge in [-0.25, -0.2) is 26.6 Å². The van der Waals surface area contributed by atoms with Crippen molar-refractivity contribution in [3.05, 3.63) is 53.1 Å². The predicted molar refractivity (Wildman–Crippen MR) is 107 cm³/mol. The monoisotopic (exact) mass is 456 g/mol. The molecule has 0 radical (unpaired) electrons. The van der Waals surface area contributed by atoms with Gasteiger partial charge in [0.2, 0.25) is 0 Å². The number of hydrogen-bond acceptors (Lipinski definition) is 7. The molecule has 3 N–H and O–H groups in total. The highest BCUT2D eigenvalue weighted by Crippen LogP contribution is 2.37. The van der Waals surface area contributed by atoms with Gasteiger partial charge in [-0.1, -0.05) is 0 Å². The largest absolute Gasteiger partial charge is 0.495 e. The summed E-state index contributed by atoms with van der Waals surface area (Å²) in [6, 6.07) is 1.54. The van der Waals surface area contributed by atoms with Gasteiger partial charge in [0.1, 0.15) is 22.0 Å². The van der Waals surface area contributed by atoms with E-state index >= 15 is 4.39 Å². The molecule has 166 valence electrons. The fourth-order valence-corrected chi connectivity index (χ4v) is 4.36. The topological polar surface area (TPSA) is 124 Å². The number of halogens is 3. The third kappa shape index (κ3) is 3.94. The summed E-state index contributed by atoms with van der Waals surface area (Å²) in [5.41, 5.74) is 3.93. The van der Waals surface area contributed by atoms with Gasteiger partial charge in [-0.2, -0.15) is 0 Å². The van der Waals surface area contributed by atoms with Crippen molar-refractivity contribution in [2.24, 2.45) is 10.7 Å². The predicted octanol–water partition coefficient (Wildman–Crippen LogP) is 2.37. The molecule has 1 aliphatic rings. The van der Waals surface area contributed by atoms with E-state index in [0.29, 0.717) is 11.8 Å². The molecule has 2 aromatic rings. The first-order valence-corrected chi connectivity index (χ1v) is 10.6. The molecule has 1 aromatic heterocycles. The van der Waals surface area contributed by atoms with Gasteiger partial charge in [-0.3, -0.25) is 9.79 Å². The van der Waals surface area contributed by atoms with Crippen molar-refractivity contribution in [3.63, 3.8) is 0 Å². The van der Waals surface area contributed by atoms with Crippen LogP contribution in [0.3, 0.4) is 0 Å². The number of sulfone groups is 1. The molecule has 0 saturated carbocycles. The number of rotatable bonds is 4. The number of ether oxygens (including phenoxy) is 1. The van der Waals surface area contributed by atoms with Gasteiger partial charge in [-0.05, 0) is 26.0 Å². The van der Waals surface area contributed by atoms with Gasteiger partial charge in [0.15, 0.2) is 27.3 Å².